The van der Waals surface area contributed by atoms with Gasteiger partial charge in [0.15, 0.2) is 0 Å². The van der Waals surface area contributed by atoms with Crippen molar-refractivity contribution in [3.05, 3.63) is 24.0 Å². The summed E-state index contributed by atoms with van der Waals surface area (Å²) in [4.78, 5) is 16.6. The molecule has 1 heterocycles. The molecule has 0 saturated heterocycles. The molecule has 0 spiro atoms. The second-order valence-corrected chi connectivity index (χ2v) is 4.20. The molecule has 2 N–H and O–H groups in total. The molecule has 0 aliphatic heterocycles. The number of rotatable bonds is 7. The monoisotopic (exact) mass is 223 g/mol. The number of hydrogen-bond donors (Lipinski definition) is 2. The minimum Gasteiger partial charge on any atom is -0.365 e. The molecule has 4 nitrogen and oxygen atoms in total. The summed E-state index contributed by atoms with van der Waals surface area (Å²) >= 11 is 0. The summed E-state index contributed by atoms with van der Waals surface area (Å²) in [7, 11) is 4.07. The van der Waals surface area contributed by atoms with Crippen molar-refractivity contribution in [2.24, 2.45) is 0 Å². The Bertz CT molecular complexity index is 293. The number of nitrogens with zero attached hydrogens (tertiary/aromatic N) is 1. The molecule has 1 amide bonds. The van der Waals surface area contributed by atoms with Crippen LogP contribution in [0.2, 0.25) is 0 Å². The van der Waals surface area contributed by atoms with Crippen LogP contribution in [-0.4, -0.2) is 43.0 Å². The van der Waals surface area contributed by atoms with Gasteiger partial charge in [0, 0.05) is 24.9 Å². The van der Waals surface area contributed by atoms with Crippen LogP contribution in [0.4, 0.5) is 0 Å². The van der Waals surface area contributed by atoms with E-state index in [1.165, 1.54) is 0 Å². The molecule has 1 aromatic rings. The predicted molar refractivity (Wildman–Crippen MR) is 65.3 cm³/mol. The molecular formula is C12H21N3O. The second kappa shape index (κ2) is 7.06. The van der Waals surface area contributed by atoms with Crippen molar-refractivity contribution in [2.75, 3.05) is 27.2 Å². The van der Waals surface area contributed by atoms with Gasteiger partial charge in [-0.15, -0.1) is 0 Å². The van der Waals surface area contributed by atoms with E-state index < -0.39 is 0 Å². The Balaban J connectivity index is 2.03. The number of carbonyl (C=O) groups excluding carboxylic acids is 1. The van der Waals surface area contributed by atoms with Crippen LogP contribution in [0.15, 0.2) is 18.3 Å². The number of aromatic nitrogens is 1. The van der Waals surface area contributed by atoms with E-state index in [0.29, 0.717) is 6.42 Å². The number of hydrogen-bond acceptors (Lipinski definition) is 2. The van der Waals surface area contributed by atoms with Crippen molar-refractivity contribution in [1.29, 1.82) is 0 Å². The highest BCUT2D eigenvalue weighted by Crippen LogP contribution is 1.98. The van der Waals surface area contributed by atoms with Crippen molar-refractivity contribution in [3.8, 4) is 0 Å². The number of nitrogens with one attached hydrogen (secondary N) is 2. The van der Waals surface area contributed by atoms with Crippen LogP contribution in [0.5, 0.6) is 0 Å². The van der Waals surface area contributed by atoms with Crippen molar-refractivity contribution < 1.29 is 4.79 Å². The molecule has 0 aromatic carbocycles. The molecule has 0 saturated carbocycles. The minimum atomic E-state index is 0.133. The highest BCUT2D eigenvalue weighted by Gasteiger charge is 2.01. The van der Waals surface area contributed by atoms with Gasteiger partial charge in [0.2, 0.25) is 5.91 Å². The first-order valence-corrected chi connectivity index (χ1v) is 5.72. The van der Waals surface area contributed by atoms with Gasteiger partial charge in [0.1, 0.15) is 0 Å². The van der Waals surface area contributed by atoms with Gasteiger partial charge in [-0.2, -0.15) is 0 Å². The summed E-state index contributed by atoms with van der Waals surface area (Å²) in [6.45, 7) is 1.78. The van der Waals surface area contributed by atoms with Crippen LogP contribution in [0, 0.1) is 0 Å². The molecule has 0 aliphatic carbocycles. The third-order valence-electron chi connectivity index (χ3n) is 2.39. The average Bonchev–Trinajstić information content (AvgIpc) is 2.74. The zero-order valence-electron chi connectivity index (χ0n) is 10.1. The summed E-state index contributed by atoms with van der Waals surface area (Å²) in [6, 6.07) is 3.95. The molecule has 1 rings (SSSR count). The molecule has 0 bridgehead atoms. The Kier molecular flexibility index (Phi) is 5.64. The summed E-state index contributed by atoms with van der Waals surface area (Å²) in [5.74, 6) is 0.133. The Labute approximate surface area is 97.0 Å². The van der Waals surface area contributed by atoms with Crippen LogP contribution in [0.1, 0.15) is 18.5 Å². The number of H-pyrrole nitrogens is 1. The van der Waals surface area contributed by atoms with Crippen LogP contribution in [-0.2, 0) is 11.2 Å². The molecule has 90 valence electrons. The summed E-state index contributed by atoms with van der Waals surface area (Å²) < 4.78 is 0. The third-order valence-corrected chi connectivity index (χ3v) is 2.39. The molecule has 1 aromatic heterocycles. The quantitative estimate of drug-likeness (QED) is 0.678. The SMILES string of the molecule is CN(C)CCCNC(=O)CCc1ccc[nH]1. The molecule has 0 fully saturated rings. The average molecular weight is 223 g/mol. The first kappa shape index (κ1) is 12.8. The maximum atomic E-state index is 11.4. The van der Waals surface area contributed by atoms with Gasteiger partial charge in [-0.05, 0) is 45.6 Å². The Morgan fingerprint density at radius 1 is 1.50 bits per heavy atom. The minimum absolute atomic E-state index is 0.133. The van der Waals surface area contributed by atoms with Gasteiger partial charge in [0.25, 0.3) is 0 Å². The van der Waals surface area contributed by atoms with Gasteiger partial charge in [-0.3, -0.25) is 4.79 Å². The summed E-state index contributed by atoms with van der Waals surface area (Å²) in [5.41, 5.74) is 1.11. The van der Waals surface area contributed by atoms with Crippen molar-refractivity contribution in [1.82, 2.24) is 15.2 Å². The molecule has 16 heavy (non-hydrogen) atoms. The number of aryl methyl sites for hydroxylation is 1. The Morgan fingerprint density at radius 3 is 2.94 bits per heavy atom. The third kappa shape index (κ3) is 5.56. The lowest BCUT2D eigenvalue weighted by atomic mass is 10.2. The predicted octanol–water partition coefficient (Wildman–Crippen LogP) is 1.02. The normalized spacial score (nSPS) is 10.7. The molecular weight excluding hydrogens is 202 g/mol. The lowest BCUT2D eigenvalue weighted by molar-refractivity contribution is -0.121. The maximum Gasteiger partial charge on any atom is 0.220 e. The maximum absolute atomic E-state index is 11.4. The summed E-state index contributed by atoms with van der Waals surface area (Å²) in [5, 5.41) is 2.92. The Morgan fingerprint density at radius 2 is 2.31 bits per heavy atom. The lowest BCUT2D eigenvalue weighted by Crippen LogP contribution is -2.27. The van der Waals surface area contributed by atoms with E-state index in [4.69, 9.17) is 0 Å². The van der Waals surface area contributed by atoms with Crippen molar-refractivity contribution in [3.63, 3.8) is 0 Å². The topological polar surface area (TPSA) is 48.1 Å². The van der Waals surface area contributed by atoms with Gasteiger partial charge < -0.3 is 15.2 Å². The number of amides is 1. The largest absolute Gasteiger partial charge is 0.365 e. The van der Waals surface area contributed by atoms with Crippen LogP contribution < -0.4 is 5.32 Å². The highest BCUT2D eigenvalue weighted by atomic mass is 16.1. The van der Waals surface area contributed by atoms with Crippen LogP contribution >= 0.6 is 0 Å². The van der Waals surface area contributed by atoms with E-state index in [9.17, 15) is 4.79 Å². The fourth-order valence-corrected chi connectivity index (χ4v) is 1.48. The van der Waals surface area contributed by atoms with Crippen LogP contribution in [0.3, 0.4) is 0 Å². The van der Waals surface area contributed by atoms with Gasteiger partial charge in [-0.1, -0.05) is 0 Å². The van der Waals surface area contributed by atoms with Crippen LogP contribution in [0.25, 0.3) is 0 Å². The van der Waals surface area contributed by atoms with Gasteiger partial charge in [0.05, 0.1) is 0 Å². The lowest BCUT2D eigenvalue weighted by Gasteiger charge is -2.09. The van der Waals surface area contributed by atoms with E-state index in [1.54, 1.807) is 0 Å². The van der Waals surface area contributed by atoms with Gasteiger partial charge in [-0.25, -0.2) is 0 Å². The van der Waals surface area contributed by atoms with E-state index >= 15 is 0 Å². The fraction of sp³-hybridized carbons (Fsp3) is 0.583. The first-order valence-electron chi connectivity index (χ1n) is 5.72. The van der Waals surface area contributed by atoms with Gasteiger partial charge >= 0.3 is 0 Å². The highest BCUT2D eigenvalue weighted by molar-refractivity contribution is 5.76. The summed E-state index contributed by atoms with van der Waals surface area (Å²) in [6.07, 6.45) is 4.22. The van der Waals surface area contributed by atoms with Crippen molar-refractivity contribution >= 4 is 5.91 Å². The molecule has 0 atom stereocenters. The second-order valence-electron chi connectivity index (χ2n) is 4.20. The molecule has 0 radical (unpaired) electrons. The zero-order chi connectivity index (χ0) is 11.8. The van der Waals surface area contributed by atoms with E-state index in [1.807, 2.05) is 32.4 Å². The first-order chi connectivity index (χ1) is 7.68. The zero-order valence-corrected chi connectivity index (χ0v) is 10.1. The molecule has 4 heteroatoms. The standard InChI is InChI=1S/C12H21N3O/c1-15(2)10-4-9-14-12(16)7-6-11-5-3-8-13-11/h3,5,8,13H,4,6-7,9-10H2,1-2H3,(H,14,16). The van der Waals surface area contributed by atoms with E-state index in [0.717, 1.165) is 31.6 Å². The number of aromatic amines is 1. The molecule has 0 unspecified atom stereocenters. The smallest absolute Gasteiger partial charge is 0.220 e. The fourth-order valence-electron chi connectivity index (χ4n) is 1.48. The van der Waals surface area contributed by atoms with Crippen molar-refractivity contribution in [2.45, 2.75) is 19.3 Å². The van der Waals surface area contributed by atoms with E-state index in [-0.39, 0.29) is 5.91 Å². The Hall–Kier alpha value is -1.29. The van der Waals surface area contributed by atoms with E-state index in [2.05, 4.69) is 15.2 Å². The molecule has 0 aliphatic rings. The number of carbonyl (C=O) groups is 1.